The maximum atomic E-state index is 8.36. The van der Waals surface area contributed by atoms with Crippen molar-refractivity contribution in [2.45, 2.75) is 0 Å². The second-order valence-corrected chi connectivity index (χ2v) is 0.105. The van der Waals surface area contributed by atoms with E-state index in [1.165, 1.54) is 0 Å². The molecule has 0 atom stereocenters. The van der Waals surface area contributed by atoms with Crippen LogP contribution in [0.15, 0.2) is 0 Å². The van der Waals surface area contributed by atoms with Crippen LogP contribution in [-0.4, -0.2) is 17.1 Å². The third kappa shape index (κ3) is 22000. The third-order valence-electron chi connectivity index (χ3n) is 0. The van der Waals surface area contributed by atoms with E-state index >= 15 is 0 Å². The smallest absolute Gasteiger partial charge is 1.00 e. The summed E-state index contributed by atoms with van der Waals surface area (Å²) in [6.07, 6.45) is 0. The van der Waals surface area contributed by atoms with Crippen LogP contribution in [0.3, 0.4) is 0 Å². The van der Waals surface area contributed by atoms with Gasteiger partial charge in [0.15, 0.2) is 0 Å². The molecule has 0 aromatic heterocycles. The number of carbonyl (C=O) groups is 1. The average Bonchev–Trinajstić information content (AvgIpc) is 0.918. The molecular weight excluding hydrogens is 66.9 g/mol. The fraction of sp³-hybridized carbons (Fsp3) is 0. The normalized spacial score (nSPS) is 2.40. The van der Waals surface area contributed by atoms with E-state index in [0.29, 0.717) is 0 Å². The van der Waals surface area contributed by atoms with Gasteiger partial charge in [-0.1, -0.05) is 0 Å². The van der Waals surface area contributed by atoms with Crippen molar-refractivity contribution in [3.8, 4) is 0 Å². The van der Waals surface area contributed by atoms with Crippen LogP contribution in [0.2, 0.25) is 0 Å². The van der Waals surface area contributed by atoms with Crippen molar-refractivity contribution in [1.29, 1.82) is 0 Å². The Morgan fingerprint density at radius 2 is 1.80 bits per heavy atom. The molecule has 28 valence electrons. The minimum absolute atomic E-state index is 0. The van der Waals surface area contributed by atoms with Crippen LogP contribution in [0.25, 0.3) is 0 Å². The molecule has 3 nitrogen and oxygen atoms in total. The molecule has 0 aliphatic rings. The summed E-state index contributed by atoms with van der Waals surface area (Å²) in [5.74, 6) is 0. The zero-order valence-electron chi connectivity index (χ0n) is 3.93. The minimum atomic E-state index is -0.250. The zero-order chi connectivity index (χ0) is 2.71. The molecule has 0 amide bonds. The molecule has 0 bridgehead atoms. The van der Waals surface area contributed by atoms with Gasteiger partial charge in [-0.05, 0) is 0 Å². The molecule has 3 N–H and O–H groups in total. The zero-order valence-corrected chi connectivity index (χ0v) is 2.93. The fourth-order valence-electron chi connectivity index (χ4n) is 0. The van der Waals surface area contributed by atoms with Gasteiger partial charge in [-0.2, -0.15) is 0 Å². The number of carboxylic acid groups (broad SMARTS) is 1. The van der Waals surface area contributed by atoms with Crippen molar-refractivity contribution in [3.63, 3.8) is 0 Å². The summed E-state index contributed by atoms with van der Waals surface area (Å²) in [5, 5.41) is 6.89. The van der Waals surface area contributed by atoms with Crippen LogP contribution in [0.4, 0.5) is 0 Å². The van der Waals surface area contributed by atoms with Crippen LogP contribution in [0.5, 0.6) is 0 Å². The van der Waals surface area contributed by atoms with Crippen LogP contribution in [0, 0.1) is 0 Å². The third-order valence-corrected chi connectivity index (χ3v) is 0. The molecule has 0 radical (unpaired) electrons. The van der Waals surface area contributed by atoms with Crippen LogP contribution >= 0.6 is 0 Å². The van der Waals surface area contributed by atoms with Gasteiger partial charge in [0.1, 0.15) is 0 Å². The van der Waals surface area contributed by atoms with Crippen LogP contribution in [0.1, 0.15) is 1.43 Å². The summed E-state index contributed by atoms with van der Waals surface area (Å²) in [7, 11) is 0. The molecule has 0 aromatic carbocycles. The average molecular weight is 72.0 g/mol. The van der Waals surface area contributed by atoms with Crippen molar-refractivity contribution >= 4 is 6.47 Å². The SMILES string of the molecule is O.O=CO.[H-].[Li+]. The molecule has 0 rings (SSSR count). The van der Waals surface area contributed by atoms with E-state index in [9.17, 15) is 0 Å². The van der Waals surface area contributed by atoms with Crippen LogP contribution in [-0.2, 0) is 4.79 Å². The van der Waals surface area contributed by atoms with Gasteiger partial charge in [0.2, 0.25) is 0 Å². The van der Waals surface area contributed by atoms with Gasteiger partial charge in [0, 0.05) is 0 Å². The summed E-state index contributed by atoms with van der Waals surface area (Å²) in [6.45, 7) is -0.250. The Labute approximate surface area is 43.0 Å². The molecule has 0 aliphatic carbocycles. The standard InChI is InChI=1S/CH2O2.Li.H2O.H/c2-1-3;;;/h1H,(H,2,3);;1H2;/q;+1;;-1. The molecule has 5 heavy (non-hydrogen) atoms. The number of hydrogen-bond donors (Lipinski definition) is 1. The molecule has 0 saturated heterocycles. The molecule has 0 spiro atoms. The summed E-state index contributed by atoms with van der Waals surface area (Å²) in [6, 6.07) is 0. The first kappa shape index (κ1) is 19.8. The van der Waals surface area contributed by atoms with Gasteiger partial charge in [-0.25, -0.2) is 0 Å². The van der Waals surface area contributed by atoms with Gasteiger partial charge >= 0.3 is 18.9 Å². The minimum Gasteiger partial charge on any atom is -1.00 e. The summed E-state index contributed by atoms with van der Waals surface area (Å²) in [5.41, 5.74) is 0. The molecular formula is CH5LiO3. The summed E-state index contributed by atoms with van der Waals surface area (Å²) >= 11 is 0. The van der Waals surface area contributed by atoms with E-state index in [1.54, 1.807) is 0 Å². The predicted molar refractivity (Wildman–Crippen MR) is 13.4 cm³/mol. The first-order chi connectivity index (χ1) is 1.41. The Morgan fingerprint density at radius 3 is 1.80 bits per heavy atom. The van der Waals surface area contributed by atoms with Gasteiger partial charge in [-0.3, -0.25) is 4.79 Å². The molecule has 0 fully saturated rings. The van der Waals surface area contributed by atoms with E-state index in [-0.39, 0.29) is 32.2 Å². The monoisotopic (exact) mass is 72.0 g/mol. The van der Waals surface area contributed by atoms with Crippen molar-refractivity contribution in [1.82, 2.24) is 0 Å². The predicted octanol–water partition coefficient (Wildman–Crippen LogP) is -4.01. The Balaban J connectivity index is -0.00000000667. The van der Waals surface area contributed by atoms with Crippen molar-refractivity contribution in [3.05, 3.63) is 0 Å². The number of hydrogen-bond acceptors (Lipinski definition) is 1. The van der Waals surface area contributed by atoms with Gasteiger partial charge in [-0.15, -0.1) is 0 Å². The Hall–Kier alpha value is 0.0274. The topological polar surface area (TPSA) is 68.8 Å². The first-order valence-electron chi connectivity index (χ1n) is 0.494. The Kier molecular flexibility index (Phi) is 139. The molecule has 4 heteroatoms. The quantitative estimate of drug-likeness (QED) is 0.234. The summed E-state index contributed by atoms with van der Waals surface area (Å²) < 4.78 is 0. The molecule has 0 saturated carbocycles. The van der Waals surface area contributed by atoms with E-state index in [2.05, 4.69) is 0 Å². The van der Waals surface area contributed by atoms with Crippen LogP contribution < -0.4 is 18.9 Å². The van der Waals surface area contributed by atoms with E-state index < -0.39 is 0 Å². The van der Waals surface area contributed by atoms with E-state index in [1.807, 2.05) is 0 Å². The van der Waals surface area contributed by atoms with E-state index in [4.69, 9.17) is 9.90 Å². The summed E-state index contributed by atoms with van der Waals surface area (Å²) in [4.78, 5) is 8.36. The van der Waals surface area contributed by atoms with Crippen molar-refractivity contribution in [2.24, 2.45) is 0 Å². The Bertz CT molecular complexity index is 18.3. The van der Waals surface area contributed by atoms with E-state index in [0.717, 1.165) is 0 Å². The fourth-order valence-corrected chi connectivity index (χ4v) is 0. The largest absolute Gasteiger partial charge is 1.00 e. The van der Waals surface area contributed by atoms with Gasteiger partial charge < -0.3 is 12.0 Å². The van der Waals surface area contributed by atoms with Crippen molar-refractivity contribution < 1.29 is 35.7 Å². The molecule has 0 aliphatic heterocycles. The first-order valence-corrected chi connectivity index (χ1v) is 0.494. The maximum Gasteiger partial charge on any atom is 1.00 e. The number of rotatable bonds is 0. The van der Waals surface area contributed by atoms with Gasteiger partial charge in [0.25, 0.3) is 6.47 Å². The molecule has 0 aromatic rings. The molecule has 0 unspecified atom stereocenters. The second-order valence-electron chi connectivity index (χ2n) is 0.105. The Morgan fingerprint density at radius 1 is 1.80 bits per heavy atom. The van der Waals surface area contributed by atoms with Gasteiger partial charge in [0.05, 0.1) is 0 Å². The second kappa shape index (κ2) is 35.0. The maximum absolute atomic E-state index is 8.36. The molecule has 0 heterocycles. The van der Waals surface area contributed by atoms with Crippen molar-refractivity contribution in [2.75, 3.05) is 0 Å².